The summed E-state index contributed by atoms with van der Waals surface area (Å²) in [5.41, 5.74) is 2.58. The van der Waals surface area contributed by atoms with Crippen LogP contribution in [0.3, 0.4) is 0 Å². The van der Waals surface area contributed by atoms with Gasteiger partial charge in [-0.1, -0.05) is 41.6 Å². The molecule has 0 radical (unpaired) electrons. The number of aliphatic imine (C=N–C) groups is 1. The summed E-state index contributed by atoms with van der Waals surface area (Å²) in [4.78, 5) is 7.56. The predicted molar refractivity (Wildman–Crippen MR) is 124 cm³/mol. The first kappa shape index (κ1) is 20.6. The van der Waals surface area contributed by atoms with Crippen molar-refractivity contribution in [3.63, 3.8) is 0 Å². The van der Waals surface area contributed by atoms with E-state index in [0.29, 0.717) is 6.04 Å². The van der Waals surface area contributed by atoms with Crippen LogP contribution < -0.4 is 10.1 Å². The van der Waals surface area contributed by atoms with Crippen molar-refractivity contribution in [1.29, 1.82) is 0 Å². The zero-order chi connectivity index (χ0) is 19.9. The van der Waals surface area contributed by atoms with E-state index in [2.05, 4.69) is 34.5 Å². The number of fused-ring (bicyclic) bond motifs is 1. The van der Waals surface area contributed by atoms with Gasteiger partial charge in [0.1, 0.15) is 5.75 Å². The normalized spacial score (nSPS) is 19.0. The van der Waals surface area contributed by atoms with Gasteiger partial charge in [-0.3, -0.25) is 4.99 Å². The highest BCUT2D eigenvalue weighted by atomic mass is 35.5. The van der Waals surface area contributed by atoms with E-state index in [1.165, 1.54) is 17.7 Å². The molecule has 0 bridgehead atoms. The summed E-state index contributed by atoms with van der Waals surface area (Å²) in [7, 11) is 0. The number of piperidine rings is 1. The number of thioether (sulfide) groups is 1. The van der Waals surface area contributed by atoms with Crippen LogP contribution in [0.25, 0.3) is 0 Å². The zero-order valence-corrected chi connectivity index (χ0v) is 18.2. The first-order valence-corrected chi connectivity index (χ1v) is 11.8. The third kappa shape index (κ3) is 6.14. The number of ether oxygens (including phenoxy) is 1. The van der Waals surface area contributed by atoms with Gasteiger partial charge in [0.05, 0.1) is 12.6 Å². The highest BCUT2D eigenvalue weighted by Gasteiger charge is 2.20. The third-order valence-electron chi connectivity index (χ3n) is 5.43. The number of nitrogens with one attached hydrogen (secondary N) is 1. The van der Waals surface area contributed by atoms with Crippen LogP contribution in [0.4, 0.5) is 5.69 Å². The molecule has 2 aliphatic heterocycles. The lowest BCUT2D eigenvalue weighted by Gasteiger charge is -2.31. The van der Waals surface area contributed by atoms with E-state index in [-0.39, 0.29) is 0 Å². The number of amidine groups is 1. The average Bonchev–Trinajstić information content (AvgIpc) is 2.76. The lowest BCUT2D eigenvalue weighted by molar-refractivity contribution is 0.203. The molecule has 2 aromatic carbocycles. The predicted octanol–water partition coefficient (Wildman–Crippen LogP) is 5.68. The number of hydrogen-bond donors (Lipinski definition) is 1. The smallest absolute Gasteiger partial charge is 0.161 e. The van der Waals surface area contributed by atoms with Crippen LogP contribution in [0.15, 0.2) is 53.5 Å². The topological polar surface area (TPSA) is 36.9 Å². The number of hydrogen-bond acceptors (Lipinski definition) is 4. The fourth-order valence-electron chi connectivity index (χ4n) is 3.73. The Kier molecular flexibility index (Phi) is 7.36. The standard InChI is InChI=1S/C23H28ClN3OS/c24-19-7-9-21(10-8-19)28-16-4-3-13-27-14-11-20(12-15-27)25-23-26-22-6-2-1-5-18(22)17-29-23/h1-2,5-10,20H,3-4,11-17H2,(H,25,26). The van der Waals surface area contributed by atoms with Crippen LogP contribution >= 0.6 is 23.4 Å². The summed E-state index contributed by atoms with van der Waals surface area (Å²) >= 11 is 7.72. The first-order valence-electron chi connectivity index (χ1n) is 10.4. The van der Waals surface area contributed by atoms with Gasteiger partial charge in [0.15, 0.2) is 5.17 Å². The van der Waals surface area contributed by atoms with Crippen molar-refractivity contribution in [2.45, 2.75) is 37.5 Å². The largest absolute Gasteiger partial charge is 0.494 e. The lowest BCUT2D eigenvalue weighted by Crippen LogP contribution is -2.36. The van der Waals surface area contributed by atoms with Gasteiger partial charge in [0.25, 0.3) is 0 Å². The van der Waals surface area contributed by atoms with E-state index < -0.39 is 0 Å². The Morgan fingerprint density at radius 2 is 1.86 bits per heavy atom. The molecule has 1 N–H and O–H groups in total. The van der Waals surface area contributed by atoms with Crippen molar-refractivity contribution in [2.24, 2.45) is 4.99 Å². The monoisotopic (exact) mass is 429 g/mol. The molecule has 0 amide bonds. The summed E-state index contributed by atoms with van der Waals surface area (Å²) in [6.45, 7) is 4.19. The van der Waals surface area contributed by atoms with E-state index in [1.54, 1.807) is 0 Å². The third-order valence-corrected chi connectivity index (χ3v) is 6.62. The molecule has 154 valence electrons. The average molecular weight is 430 g/mol. The van der Waals surface area contributed by atoms with Crippen molar-refractivity contribution < 1.29 is 4.74 Å². The maximum Gasteiger partial charge on any atom is 0.161 e. The molecular weight excluding hydrogens is 402 g/mol. The molecule has 0 unspecified atom stereocenters. The molecule has 0 aliphatic carbocycles. The van der Waals surface area contributed by atoms with Gasteiger partial charge in [-0.25, -0.2) is 0 Å². The summed E-state index contributed by atoms with van der Waals surface area (Å²) in [6, 6.07) is 16.5. The summed E-state index contributed by atoms with van der Waals surface area (Å²) in [5.74, 6) is 1.91. The molecule has 29 heavy (non-hydrogen) atoms. The van der Waals surface area contributed by atoms with E-state index >= 15 is 0 Å². The molecule has 0 saturated carbocycles. The summed E-state index contributed by atoms with van der Waals surface area (Å²) in [5, 5.41) is 5.33. The molecule has 4 rings (SSSR count). The van der Waals surface area contributed by atoms with E-state index in [9.17, 15) is 0 Å². The minimum atomic E-state index is 0.444. The molecule has 0 atom stereocenters. The first-order chi connectivity index (χ1) is 14.3. The Balaban J connectivity index is 1.12. The second-order valence-corrected chi connectivity index (χ2v) is 8.99. The number of benzene rings is 2. The Bertz CT molecular complexity index is 819. The lowest BCUT2D eigenvalue weighted by atomic mass is 10.1. The molecule has 2 aliphatic rings. The van der Waals surface area contributed by atoms with Gasteiger partial charge < -0.3 is 15.0 Å². The van der Waals surface area contributed by atoms with Gasteiger partial charge in [-0.2, -0.15) is 0 Å². The minimum absolute atomic E-state index is 0.444. The number of unbranched alkanes of at least 4 members (excludes halogenated alkanes) is 1. The van der Waals surface area contributed by atoms with Crippen molar-refractivity contribution in [1.82, 2.24) is 4.90 Å². The molecule has 1 fully saturated rings. The molecule has 0 spiro atoms. The molecular formula is C23H28ClN3OS. The highest BCUT2D eigenvalue weighted by molar-refractivity contribution is 8.13. The number of nitrogens with zero attached hydrogens (tertiary/aromatic N) is 2. The van der Waals surface area contributed by atoms with Crippen LogP contribution in [-0.2, 0) is 5.75 Å². The quantitative estimate of drug-likeness (QED) is 0.574. The highest BCUT2D eigenvalue weighted by Crippen LogP contribution is 2.29. The van der Waals surface area contributed by atoms with Gasteiger partial charge in [0.2, 0.25) is 0 Å². The second kappa shape index (κ2) is 10.4. The van der Waals surface area contributed by atoms with Crippen LogP contribution in [0.2, 0.25) is 5.02 Å². The van der Waals surface area contributed by atoms with Gasteiger partial charge in [-0.05, 0) is 68.1 Å². The van der Waals surface area contributed by atoms with Crippen molar-refractivity contribution in [3.8, 4) is 5.75 Å². The SMILES string of the molecule is Clc1ccc(OCCCCN2CCC(N=C3Nc4ccccc4CS3)CC2)cc1. The van der Waals surface area contributed by atoms with Gasteiger partial charge in [-0.15, -0.1) is 0 Å². The number of halogens is 1. The van der Waals surface area contributed by atoms with Gasteiger partial charge in [0, 0.05) is 29.6 Å². The van der Waals surface area contributed by atoms with Crippen LogP contribution in [0, 0.1) is 0 Å². The van der Waals surface area contributed by atoms with Crippen LogP contribution in [0.1, 0.15) is 31.2 Å². The molecule has 2 heterocycles. The minimum Gasteiger partial charge on any atom is -0.494 e. The second-order valence-electron chi connectivity index (χ2n) is 7.59. The maximum atomic E-state index is 5.89. The number of rotatable bonds is 7. The molecule has 4 nitrogen and oxygen atoms in total. The Morgan fingerprint density at radius 1 is 1.07 bits per heavy atom. The number of likely N-dealkylation sites (tertiary alicyclic amines) is 1. The molecule has 1 saturated heterocycles. The van der Waals surface area contributed by atoms with Gasteiger partial charge >= 0.3 is 0 Å². The number of anilines is 1. The van der Waals surface area contributed by atoms with Crippen LogP contribution in [-0.4, -0.2) is 42.4 Å². The molecule has 2 aromatic rings. The van der Waals surface area contributed by atoms with Crippen molar-refractivity contribution in [3.05, 3.63) is 59.1 Å². The fourth-order valence-corrected chi connectivity index (χ4v) is 4.81. The van der Waals surface area contributed by atoms with Crippen molar-refractivity contribution >= 4 is 34.2 Å². The Labute approximate surface area is 182 Å². The van der Waals surface area contributed by atoms with E-state index in [4.69, 9.17) is 21.3 Å². The zero-order valence-electron chi connectivity index (χ0n) is 16.6. The maximum absolute atomic E-state index is 5.89. The Morgan fingerprint density at radius 3 is 2.69 bits per heavy atom. The number of para-hydroxylation sites is 1. The van der Waals surface area contributed by atoms with E-state index in [1.807, 2.05) is 36.0 Å². The summed E-state index contributed by atoms with van der Waals surface area (Å²) in [6.07, 6.45) is 4.54. The molecule has 0 aromatic heterocycles. The van der Waals surface area contributed by atoms with E-state index in [0.717, 1.165) is 67.2 Å². The molecule has 6 heteroatoms. The van der Waals surface area contributed by atoms with Crippen LogP contribution in [0.5, 0.6) is 5.75 Å². The fraction of sp³-hybridized carbons (Fsp3) is 0.435. The van der Waals surface area contributed by atoms with Crippen molar-refractivity contribution in [2.75, 3.05) is 31.6 Å². The Hall–Kier alpha value is -1.69. The summed E-state index contributed by atoms with van der Waals surface area (Å²) < 4.78 is 5.77.